The summed E-state index contributed by atoms with van der Waals surface area (Å²) in [6.07, 6.45) is 2.49. The van der Waals surface area contributed by atoms with Gasteiger partial charge in [-0.05, 0) is 43.2 Å². The van der Waals surface area contributed by atoms with E-state index in [1.54, 1.807) is 24.3 Å². The van der Waals surface area contributed by atoms with Crippen LogP contribution in [0.2, 0.25) is 0 Å². The molecule has 142 valence electrons. The Morgan fingerprint density at radius 3 is 2.48 bits per heavy atom. The van der Waals surface area contributed by atoms with E-state index in [0.29, 0.717) is 23.6 Å². The van der Waals surface area contributed by atoms with Crippen LogP contribution in [0.25, 0.3) is 0 Å². The highest BCUT2D eigenvalue weighted by Crippen LogP contribution is 2.28. The van der Waals surface area contributed by atoms with Gasteiger partial charge >= 0.3 is 5.97 Å². The molecule has 0 unspecified atom stereocenters. The summed E-state index contributed by atoms with van der Waals surface area (Å²) in [7, 11) is 1.52. The van der Waals surface area contributed by atoms with E-state index in [1.165, 1.54) is 7.11 Å². The van der Waals surface area contributed by atoms with E-state index in [1.807, 2.05) is 31.2 Å². The maximum absolute atomic E-state index is 11.8. The Balaban J connectivity index is 1.79. The van der Waals surface area contributed by atoms with Crippen molar-refractivity contribution in [3.05, 3.63) is 66.2 Å². The minimum atomic E-state index is -0.647. The molecule has 0 aliphatic rings. The Morgan fingerprint density at radius 1 is 1.07 bits per heavy atom. The molecule has 0 aromatic heterocycles. The van der Waals surface area contributed by atoms with E-state index >= 15 is 0 Å². The Labute approximate surface area is 158 Å². The van der Waals surface area contributed by atoms with Gasteiger partial charge in [-0.15, -0.1) is 6.58 Å². The van der Waals surface area contributed by atoms with Crippen molar-refractivity contribution in [1.29, 1.82) is 0 Å². The number of rotatable bonds is 9. The number of carbonyl (C=O) groups excluding carboxylic acids is 2. The molecular weight excluding hydrogens is 346 g/mol. The van der Waals surface area contributed by atoms with Crippen LogP contribution in [0.1, 0.15) is 11.1 Å². The first-order valence-corrected chi connectivity index (χ1v) is 8.44. The number of aryl methyl sites for hydroxylation is 1. The van der Waals surface area contributed by atoms with E-state index in [2.05, 4.69) is 11.9 Å². The molecule has 0 aliphatic heterocycles. The molecule has 2 aromatic carbocycles. The van der Waals surface area contributed by atoms with Crippen LogP contribution in [-0.4, -0.2) is 32.2 Å². The molecule has 6 heteroatoms. The summed E-state index contributed by atoms with van der Waals surface area (Å²) in [6, 6.07) is 12.7. The first-order valence-electron chi connectivity index (χ1n) is 8.44. The third-order valence-electron chi connectivity index (χ3n) is 3.65. The van der Waals surface area contributed by atoms with Crippen LogP contribution >= 0.6 is 0 Å². The predicted octanol–water partition coefficient (Wildman–Crippen LogP) is 3.29. The average molecular weight is 369 g/mol. The van der Waals surface area contributed by atoms with Crippen LogP contribution < -0.4 is 14.8 Å². The summed E-state index contributed by atoms with van der Waals surface area (Å²) in [5.41, 5.74) is 2.75. The van der Waals surface area contributed by atoms with Crippen LogP contribution in [0.5, 0.6) is 11.5 Å². The Morgan fingerprint density at radius 2 is 1.81 bits per heavy atom. The average Bonchev–Trinajstić information content (AvgIpc) is 2.67. The third-order valence-corrected chi connectivity index (χ3v) is 3.65. The number of anilines is 1. The zero-order valence-electron chi connectivity index (χ0n) is 15.5. The van der Waals surface area contributed by atoms with Crippen molar-refractivity contribution in [2.75, 3.05) is 25.6 Å². The fourth-order valence-corrected chi connectivity index (χ4v) is 2.28. The van der Waals surface area contributed by atoms with Gasteiger partial charge in [0.15, 0.2) is 24.7 Å². The summed E-state index contributed by atoms with van der Waals surface area (Å²) >= 11 is 0. The zero-order valence-corrected chi connectivity index (χ0v) is 15.5. The van der Waals surface area contributed by atoms with Crippen molar-refractivity contribution in [3.63, 3.8) is 0 Å². The summed E-state index contributed by atoms with van der Waals surface area (Å²) in [6.45, 7) is 4.94. The van der Waals surface area contributed by atoms with Crippen LogP contribution in [0, 0.1) is 6.92 Å². The lowest BCUT2D eigenvalue weighted by Gasteiger charge is -2.12. The molecule has 0 fully saturated rings. The Hall–Kier alpha value is -3.28. The molecule has 1 amide bonds. The zero-order chi connectivity index (χ0) is 19.6. The predicted molar refractivity (Wildman–Crippen MR) is 103 cm³/mol. The Kier molecular flexibility index (Phi) is 7.43. The first kappa shape index (κ1) is 20.0. The molecule has 2 aromatic rings. The number of hydrogen-bond donors (Lipinski definition) is 1. The second-order valence-electron chi connectivity index (χ2n) is 5.84. The number of benzene rings is 2. The van der Waals surface area contributed by atoms with Crippen molar-refractivity contribution in [2.24, 2.45) is 0 Å². The first-order chi connectivity index (χ1) is 13.0. The second kappa shape index (κ2) is 10.0. The van der Waals surface area contributed by atoms with Crippen molar-refractivity contribution >= 4 is 17.6 Å². The highest BCUT2D eigenvalue weighted by molar-refractivity contribution is 5.92. The minimum absolute atomic E-state index is 0.324. The normalized spacial score (nSPS) is 10.0. The molecule has 0 saturated carbocycles. The van der Waals surface area contributed by atoms with Crippen molar-refractivity contribution in [1.82, 2.24) is 0 Å². The molecule has 0 aliphatic carbocycles. The number of esters is 1. The highest BCUT2D eigenvalue weighted by Gasteiger charge is 2.11. The largest absolute Gasteiger partial charge is 0.493 e. The molecule has 0 saturated heterocycles. The molecule has 0 bridgehead atoms. The van der Waals surface area contributed by atoms with Gasteiger partial charge in [0.1, 0.15) is 0 Å². The van der Waals surface area contributed by atoms with Gasteiger partial charge in [0, 0.05) is 5.69 Å². The van der Waals surface area contributed by atoms with Gasteiger partial charge < -0.3 is 19.5 Å². The highest BCUT2D eigenvalue weighted by atomic mass is 16.6. The third kappa shape index (κ3) is 6.51. The number of amides is 1. The van der Waals surface area contributed by atoms with E-state index in [9.17, 15) is 9.59 Å². The molecule has 0 atom stereocenters. The molecular formula is C21H23NO5. The Bertz CT molecular complexity index is 799. The fraction of sp³-hybridized carbons (Fsp3) is 0.238. The fourth-order valence-electron chi connectivity index (χ4n) is 2.28. The monoisotopic (exact) mass is 369 g/mol. The van der Waals surface area contributed by atoms with Gasteiger partial charge in [-0.1, -0.05) is 29.8 Å². The quantitative estimate of drug-likeness (QED) is 0.542. The standard InChI is InChI=1S/C21H23NO5/c1-4-5-16-8-11-18(19(12-16)25-3)26-14-21(24)27-13-20(23)22-17-9-6-15(2)7-10-17/h4,6-12H,1,5,13-14H2,2-3H3,(H,22,23). The van der Waals surface area contributed by atoms with Crippen LogP contribution in [0.4, 0.5) is 5.69 Å². The van der Waals surface area contributed by atoms with E-state index < -0.39 is 11.9 Å². The van der Waals surface area contributed by atoms with Gasteiger partial charge in [-0.2, -0.15) is 0 Å². The summed E-state index contributed by atoms with van der Waals surface area (Å²) in [4.78, 5) is 23.6. The smallest absolute Gasteiger partial charge is 0.344 e. The van der Waals surface area contributed by atoms with Gasteiger partial charge in [-0.25, -0.2) is 4.79 Å². The number of nitrogens with one attached hydrogen (secondary N) is 1. The van der Waals surface area contributed by atoms with Crippen LogP contribution in [0.15, 0.2) is 55.1 Å². The van der Waals surface area contributed by atoms with Gasteiger partial charge in [0.05, 0.1) is 7.11 Å². The molecule has 2 rings (SSSR count). The van der Waals surface area contributed by atoms with Crippen LogP contribution in [-0.2, 0) is 20.7 Å². The second-order valence-corrected chi connectivity index (χ2v) is 5.84. The number of carbonyl (C=O) groups is 2. The summed E-state index contributed by atoms with van der Waals surface area (Å²) < 4.78 is 15.6. The lowest BCUT2D eigenvalue weighted by atomic mass is 10.1. The molecule has 27 heavy (non-hydrogen) atoms. The van der Waals surface area contributed by atoms with Crippen molar-refractivity contribution in [3.8, 4) is 11.5 Å². The number of ether oxygens (including phenoxy) is 3. The number of allylic oxidation sites excluding steroid dienone is 1. The van der Waals surface area contributed by atoms with Crippen molar-refractivity contribution in [2.45, 2.75) is 13.3 Å². The molecule has 0 radical (unpaired) electrons. The molecule has 0 heterocycles. The number of hydrogen-bond acceptors (Lipinski definition) is 5. The van der Waals surface area contributed by atoms with Crippen LogP contribution in [0.3, 0.4) is 0 Å². The lowest BCUT2D eigenvalue weighted by Crippen LogP contribution is -2.23. The van der Waals surface area contributed by atoms with E-state index in [0.717, 1.165) is 11.1 Å². The number of methoxy groups -OCH3 is 1. The SMILES string of the molecule is C=CCc1ccc(OCC(=O)OCC(=O)Nc2ccc(C)cc2)c(OC)c1. The minimum Gasteiger partial charge on any atom is -0.493 e. The summed E-state index contributed by atoms with van der Waals surface area (Å²) in [5, 5.41) is 2.65. The molecule has 6 nitrogen and oxygen atoms in total. The topological polar surface area (TPSA) is 73.9 Å². The van der Waals surface area contributed by atoms with Gasteiger partial charge in [0.25, 0.3) is 5.91 Å². The molecule has 0 spiro atoms. The molecule has 1 N–H and O–H groups in total. The lowest BCUT2D eigenvalue weighted by molar-refractivity contribution is -0.149. The maximum atomic E-state index is 11.8. The van der Waals surface area contributed by atoms with E-state index in [4.69, 9.17) is 14.2 Å². The summed E-state index contributed by atoms with van der Waals surface area (Å²) in [5.74, 6) is -0.129. The van der Waals surface area contributed by atoms with Gasteiger partial charge in [-0.3, -0.25) is 4.79 Å². The maximum Gasteiger partial charge on any atom is 0.344 e. The van der Waals surface area contributed by atoms with Gasteiger partial charge in [0.2, 0.25) is 0 Å². The van der Waals surface area contributed by atoms with E-state index in [-0.39, 0.29) is 13.2 Å². The van der Waals surface area contributed by atoms with Crippen molar-refractivity contribution < 1.29 is 23.8 Å².